The minimum absolute atomic E-state index is 0.297. The molecule has 1 aliphatic rings. The number of aryl methyl sites for hydroxylation is 2. The van der Waals surface area contributed by atoms with E-state index < -0.39 is 0 Å². The van der Waals surface area contributed by atoms with Crippen LogP contribution >= 0.6 is 0 Å². The zero-order valence-corrected chi connectivity index (χ0v) is 15.8. The molecule has 0 fully saturated rings. The summed E-state index contributed by atoms with van der Waals surface area (Å²) in [5.74, 6) is 0.286. The molecule has 0 aromatic heterocycles. The summed E-state index contributed by atoms with van der Waals surface area (Å²) in [5.41, 5.74) is 4.30. The molecule has 26 heavy (non-hydrogen) atoms. The Morgan fingerprint density at radius 2 is 1.88 bits per heavy atom. The first kappa shape index (κ1) is 18.7. The summed E-state index contributed by atoms with van der Waals surface area (Å²) < 4.78 is 11.5. The molecule has 0 heterocycles. The van der Waals surface area contributed by atoms with Gasteiger partial charge in [-0.05, 0) is 68.0 Å². The van der Waals surface area contributed by atoms with Crippen LogP contribution in [0.4, 0.5) is 0 Å². The van der Waals surface area contributed by atoms with Gasteiger partial charge >= 0.3 is 5.97 Å². The number of hydrogen-bond acceptors (Lipinski definition) is 3. The topological polar surface area (TPSA) is 35.5 Å². The van der Waals surface area contributed by atoms with Crippen LogP contribution in [-0.4, -0.2) is 18.7 Å². The van der Waals surface area contributed by atoms with E-state index in [2.05, 4.69) is 13.0 Å². The molecule has 2 aromatic rings. The van der Waals surface area contributed by atoms with Crippen molar-refractivity contribution < 1.29 is 14.3 Å². The van der Waals surface area contributed by atoms with Gasteiger partial charge in [0.15, 0.2) is 0 Å². The van der Waals surface area contributed by atoms with Gasteiger partial charge in [-0.25, -0.2) is 4.79 Å². The average molecular weight is 352 g/mol. The Morgan fingerprint density at radius 3 is 2.65 bits per heavy atom. The third kappa shape index (κ3) is 4.95. The van der Waals surface area contributed by atoms with Gasteiger partial charge in [-0.15, -0.1) is 0 Å². The summed E-state index contributed by atoms with van der Waals surface area (Å²) in [4.78, 5) is 12.4. The number of carbonyl (C=O) groups is 1. The summed E-state index contributed by atoms with van der Waals surface area (Å²) in [6, 6.07) is 13.4. The van der Waals surface area contributed by atoms with Crippen LogP contribution < -0.4 is 4.74 Å². The predicted molar refractivity (Wildman–Crippen MR) is 104 cm³/mol. The lowest BCUT2D eigenvalue weighted by Gasteiger charge is -2.25. The number of rotatable bonds is 7. The lowest BCUT2D eigenvalue weighted by Crippen LogP contribution is -2.23. The highest BCUT2D eigenvalue weighted by molar-refractivity contribution is 5.91. The molecule has 3 heteroatoms. The van der Waals surface area contributed by atoms with Crippen LogP contribution in [0.25, 0.3) is 0 Å². The Morgan fingerprint density at radius 1 is 1.08 bits per heavy atom. The minimum atomic E-state index is -0.297. The molecule has 0 aliphatic heterocycles. The van der Waals surface area contributed by atoms with Gasteiger partial charge in [-0.3, -0.25) is 0 Å². The molecule has 138 valence electrons. The highest BCUT2D eigenvalue weighted by atomic mass is 16.5. The molecule has 0 amide bonds. The fraction of sp³-hybridized carbons (Fsp3) is 0.435. The molecule has 2 aromatic carbocycles. The lowest BCUT2D eigenvalue weighted by atomic mass is 9.88. The van der Waals surface area contributed by atoms with E-state index in [1.54, 1.807) is 0 Å². The summed E-state index contributed by atoms with van der Waals surface area (Å²) in [5, 5.41) is 0. The third-order valence-electron chi connectivity index (χ3n) is 4.96. The van der Waals surface area contributed by atoms with Crippen LogP contribution in [0.3, 0.4) is 0 Å². The van der Waals surface area contributed by atoms with Crippen molar-refractivity contribution in [1.29, 1.82) is 0 Å². The Bertz CT molecular complexity index is 734. The van der Waals surface area contributed by atoms with Gasteiger partial charge in [-0.1, -0.05) is 43.5 Å². The van der Waals surface area contributed by atoms with E-state index in [0.29, 0.717) is 17.4 Å². The molecule has 0 radical (unpaired) electrons. The molecule has 0 spiro atoms. The first-order valence-electron chi connectivity index (χ1n) is 9.68. The maximum absolute atomic E-state index is 12.4. The van der Waals surface area contributed by atoms with Gasteiger partial charge in [-0.2, -0.15) is 0 Å². The van der Waals surface area contributed by atoms with E-state index in [1.807, 2.05) is 43.3 Å². The minimum Gasteiger partial charge on any atom is -0.423 e. The van der Waals surface area contributed by atoms with Crippen LogP contribution in [0.2, 0.25) is 0 Å². The third-order valence-corrected chi connectivity index (χ3v) is 4.96. The number of fused-ring (bicyclic) bond motifs is 1. The first-order chi connectivity index (χ1) is 12.7. The van der Waals surface area contributed by atoms with E-state index in [9.17, 15) is 4.79 Å². The SMILES string of the molecule is CCCCCOC1CCc2cc(C(=O)Oc3ccc(C)cc3)ccc2C1. The second-order valence-corrected chi connectivity index (χ2v) is 7.13. The van der Waals surface area contributed by atoms with Crippen molar-refractivity contribution in [3.63, 3.8) is 0 Å². The fourth-order valence-corrected chi connectivity index (χ4v) is 3.37. The van der Waals surface area contributed by atoms with E-state index in [1.165, 1.54) is 24.0 Å². The molecule has 0 bridgehead atoms. The number of unbranched alkanes of at least 4 members (excludes halogenated alkanes) is 2. The largest absolute Gasteiger partial charge is 0.423 e. The summed E-state index contributed by atoms with van der Waals surface area (Å²) in [7, 11) is 0. The van der Waals surface area contributed by atoms with Gasteiger partial charge in [0.1, 0.15) is 5.75 Å². The van der Waals surface area contributed by atoms with E-state index >= 15 is 0 Å². The zero-order chi connectivity index (χ0) is 18.4. The molecule has 1 atom stereocenters. The van der Waals surface area contributed by atoms with Crippen LogP contribution in [0.15, 0.2) is 42.5 Å². The smallest absolute Gasteiger partial charge is 0.343 e. The van der Waals surface area contributed by atoms with Gasteiger partial charge in [0.2, 0.25) is 0 Å². The Kier molecular flexibility index (Phi) is 6.45. The normalized spacial score (nSPS) is 16.2. The maximum atomic E-state index is 12.4. The van der Waals surface area contributed by atoms with Crippen molar-refractivity contribution in [2.75, 3.05) is 6.61 Å². The van der Waals surface area contributed by atoms with Crippen molar-refractivity contribution in [1.82, 2.24) is 0 Å². The van der Waals surface area contributed by atoms with Crippen molar-refractivity contribution >= 4 is 5.97 Å². The second-order valence-electron chi connectivity index (χ2n) is 7.13. The quantitative estimate of drug-likeness (QED) is 0.386. The molecule has 3 rings (SSSR count). The van der Waals surface area contributed by atoms with Gasteiger partial charge in [0.25, 0.3) is 0 Å². The van der Waals surface area contributed by atoms with E-state index in [4.69, 9.17) is 9.47 Å². The van der Waals surface area contributed by atoms with Gasteiger partial charge in [0.05, 0.1) is 11.7 Å². The second kappa shape index (κ2) is 9.00. The first-order valence-corrected chi connectivity index (χ1v) is 9.68. The van der Waals surface area contributed by atoms with Crippen molar-refractivity contribution in [2.24, 2.45) is 0 Å². The standard InChI is InChI=1S/C23H28O3/c1-3-4-5-14-25-22-13-10-18-15-20(9-8-19(18)16-22)23(24)26-21-11-6-17(2)7-12-21/h6-9,11-12,15,22H,3-5,10,13-14,16H2,1-2H3. The number of ether oxygens (including phenoxy) is 2. The summed E-state index contributed by atoms with van der Waals surface area (Å²) >= 11 is 0. The lowest BCUT2D eigenvalue weighted by molar-refractivity contribution is 0.0419. The van der Waals surface area contributed by atoms with E-state index in [0.717, 1.165) is 37.9 Å². The molecule has 3 nitrogen and oxygen atoms in total. The number of hydrogen-bond donors (Lipinski definition) is 0. The highest BCUT2D eigenvalue weighted by Gasteiger charge is 2.20. The fourth-order valence-electron chi connectivity index (χ4n) is 3.37. The van der Waals surface area contributed by atoms with Crippen LogP contribution in [0, 0.1) is 6.92 Å². The Balaban J connectivity index is 1.59. The molecule has 0 saturated heterocycles. The zero-order valence-electron chi connectivity index (χ0n) is 15.8. The molecule has 1 unspecified atom stereocenters. The number of carbonyl (C=O) groups excluding carboxylic acids is 1. The Hall–Kier alpha value is -2.13. The van der Waals surface area contributed by atoms with E-state index in [-0.39, 0.29) is 5.97 Å². The van der Waals surface area contributed by atoms with Crippen molar-refractivity contribution in [3.05, 3.63) is 64.7 Å². The molecule has 0 saturated carbocycles. The highest BCUT2D eigenvalue weighted by Crippen LogP contribution is 2.25. The molecule has 0 N–H and O–H groups in total. The average Bonchev–Trinajstić information content (AvgIpc) is 2.66. The van der Waals surface area contributed by atoms with Gasteiger partial charge < -0.3 is 9.47 Å². The summed E-state index contributed by atoms with van der Waals surface area (Å²) in [6.07, 6.45) is 6.83. The summed E-state index contributed by atoms with van der Waals surface area (Å²) in [6.45, 7) is 5.07. The number of benzene rings is 2. The van der Waals surface area contributed by atoms with Gasteiger partial charge in [0, 0.05) is 6.61 Å². The Labute approximate surface area is 156 Å². The monoisotopic (exact) mass is 352 g/mol. The van der Waals surface area contributed by atoms with Crippen LogP contribution in [0.5, 0.6) is 5.75 Å². The molecule has 1 aliphatic carbocycles. The molecular weight excluding hydrogens is 324 g/mol. The molecular formula is C23H28O3. The van der Waals surface area contributed by atoms with Crippen molar-refractivity contribution in [2.45, 2.75) is 58.5 Å². The van der Waals surface area contributed by atoms with Crippen LogP contribution in [0.1, 0.15) is 59.7 Å². The van der Waals surface area contributed by atoms with Crippen LogP contribution in [-0.2, 0) is 17.6 Å². The number of esters is 1. The predicted octanol–water partition coefficient (Wildman–Crippen LogP) is 5.28. The van der Waals surface area contributed by atoms with Crippen molar-refractivity contribution in [3.8, 4) is 5.75 Å². The maximum Gasteiger partial charge on any atom is 0.343 e.